The van der Waals surface area contributed by atoms with Crippen molar-refractivity contribution in [3.05, 3.63) is 66.6 Å². The molecule has 3 aromatic carbocycles. The van der Waals surface area contributed by atoms with Crippen LogP contribution in [0.2, 0.25) is 0 Å². The number of rotatable bonds is 2. The Kier molecular flexibility index (Phi) is 2.82. The second-order valence-corrected chi connectivity index (χ2v) is 5.11. The Hall–Kier alpha value is -2.88. The largest absolute Gasteiger partial charge is 0.496 e. The number of aromatic nitrogens is 2. The van der Waals surface area contributed by atoms with Crippen LogP contribution in [0.5, 0.6) is 5.75 Å². The van der Waals surface area contributed by atoms with Crippen LogP contribution in [-0.4, -0.2) is 16.9 Å². The van der Waals surface area contributed by atoms with Crippen molar-refractivity contribution < 1.29 is 9.13 Å². The normalized spacial score (nSPS) is 11.2. The fourth-order valence-corrected chi connectivity index (χ4v) is 2.72. The van der Waals surface area contributed by atoms with Gasteiger partial charge in [-0.05, 0) is 30.3 Å². The van der Waals surface area contributed by atoms with Gasteiger partial charge in [-0.1, -0.05) is 24.3 Å². The van der Waals surface area contributed by atoms with Gasteiger partial charge in [-0.3, -0.25) is 0 Å². The van der Waals surface area contributed by atoms with Gasteiger partial charge in [0.2, 0.25) is 0 Å². The third kappa shape index (κ3) is 1.92. The highest BCUT2D eigenvalue weighted by atomic mass is 19.1. The molecule has 4 aromatic rings. The zero-order valence-corrected chi connectivity index (χ0v) is 12.0. The molecule has 108 valence electrons. The van der Waals surface area contributed by atoms with Gasteiger partial charge < -0.3 is 4.74 Å². The van der Waals surface area contributed by atoms with Gasteiger partial charge >= 0.3 is 0 Å². The minimum absolute atomic E-state index is 0.257. The summed E-state index contributed by atoms with van der Waals surface area (Å²) in [6, 6.07) is 16.3. The van der Waals surface area contributed by atoms with Crippen molar-refractivity contribution in [1.82, 2.24) is 9.78 Å². The molecule has 3 nitrogen and oxygen atoms in total. The Morgan fingerprint density at radius 1 is 1.00 bits per heavy atom. The van der Waals surface area contributed by atoms with Gasteiger partial charge in [0.1, 0.15) is 17.1 Å². The topological polar surface area (TPSA) is 27.1 Å². The zero-order valence-electron chi connectivity index (χ0n) is 12.0. The summed E-state index contributed by atoms with van der Waals surface area (Å²) in [6.45, 7) is 0. The van der Waals surface area contributed by atoms with E-state index in [0.717, 1.165) is 33.1 Å². The molecule has 0 amide bonds. The van der Waals surface area contributed by atoms with Crippen LogP contribution in [0.15, 0.2) is 60.8 Å². The average molecular weight is 292 g/mol. The lowest BCUT2D eigenvalue weighted by Gasteiger charge is -2.05. The lowest BCUT2D eigenvalue weighted by Crippen LogP contribution is -1.93. The van der Waals surface area contributed by atoms with Crippen LogP contribution >= 0.6 is 0 Å². The fraction of sp³-hybridized carbons (Fsp3) is 0.0556. The highest BCUT2D eigenvalue weighted by molar-refractivity contribution is 6.08. The fourth-order valence-electron chi connectivity index (χ4n) is 2.72. The maximum atomic E-state index is 13.1. The Morgan fingerprint density at radius 3 is 2.45 bits per heavy atom. The first-order valence-electron chi connectivity index (χ1n) is 6.97. The van der Waals surface area contributed by atoms with Gasteiger partial charge in [-0.25, -0.2) is 9.07 Å². The summed E-state index contributed by atoms with van der Waals surface area (Å²) in [6.07, 6.45) is 1.93. The number of benzene rings is 3. The summed E-state index contributed by atoms with van der Waals surface area (Å²) >= 11 is 0. The molecule has 1 aromatic heterocycles. The first kappa shape index (κ1) is 12.8. The zero-order chi connectivity index (χ0) is 15.1. The molecular weight excluding hydrogens is 279 g/mol. The molecular formula is C18H13FN2O. The van der Waals surface area contributed by atoms with E-state index >= 15 is 0 Å². The molecule has 4 heteroatoms. The molecule has 22 heavy (non-hydrogen) atoms. The van der Waals surface area contributed by atoms with Crippen LogP contribution in [0.4, 0.5) is 4.39 Å². The van der Waals surface area contributed by atoms with Gasteiger partial charge in [0.25, 0.3) is 0 Å². The van der Waals surface area contributed by atoms with Gasteiger partial charge in [0, 0.05) is 22.4 Å². The second-order valence-electron chi connectivity index (χ2n) is 5.11. The predicted molar refractivity (Wildman–Crippen MR) is 85.1 cm³/mol. The van der Waals surface area contributed by atoms with Crippen LogP contribution in [0, 0.1) is 5.82 Å². The number of nitrogens with zero attached hydrogens (tertiary/aromatic N) is 2. The third-order valence-electron chi connectivity index (χ3n) is 3.79. The molecule has 0 radical (unpaired) electrons. The van der Waals surface area contributed by atoms with Crippen molar-refractivity contribution in [2.75, 3.05) is 7.11 Å². The smallest absolute Gasteiger partial charge is 0.127 e. The summed E-state index contributed by atoms with van der Waals surface area (Å²) < 4.78 is 20.3. The van der Waals surface area contributed by atoms with E-state index in [4.69, 9.17) is 4.74 Å². The van der Waals surface area contributed by atoms with E-state index < -0.39 is 0 Å². The first-order chi connectivity index (χ1) is 10.8. The van der Waals surface area contributed by atoms with Gasteiger partial charge in [0.05, 0.1) is 12.8 Å². The van der Waals surface area contributed by atoms with Gasteiger partial charge in [-0.2, -0.15) is 5.10 Å². The van der Waals surface area contributed by atoms with E-state index in [1.807, 2.05) is 36.5 Å². The SMILES string of the molecule is COc1cc2cn(-c3ccc(F)cc3)nc2c2ccccc12. The molecule has 0 saturated heterocycles. The Labute approximate surface area is 126 Å². The Morgan fingerprint density at radius 2 is 1.73 bits per heavy atom. The Bertz CT molecular complexity index is 974. The molecule has 0 aliphatic heterocycles. The van der Waals surface area contributed by atoms with Crippen molar-refractivity contribution in [2.45, 2.75) is 0 Å². The summed E-state index contributed by atoms with van der Waals surface area (Å²) in [7, 11) is 1.66. The predicted octanol–water partition coefficient (Wildman–Crippen LogP) is 4.33. The summed E-state index contributed by atoms with van der Waals surface area (Å²) in [4.78, 5) is 0. The highest BCUT2D eigenvalue weighted by Crippen LogP contribution is 2.32. The summed E-state index contributed by atoms with van der Waals surface area (Å²) in [5.74, 6) is 0.564. The van der Waals surface area contributed by atoms with Crippen molar-refractivity contribution in [2.24, 2.45) is 0 Å². The van der Waals surface area contributed by atoms with E-state index in [-0.39, 0.29) is 5.82 Å². The third-order valence-corrected chi connectivity index (χ3v) is 3.79. The molecule has 0 fully saturated rings. The molecule has 0 aliphatic rings. The quantitative estimate of drug-likeness (QED) is 0.550. The highest BCUT2D eigenvalue weighted by Gasteiger charge is 2.11. The van der Waals surface area contributed by atoms with Crippen LogP contribution in [0.1, 0.15) is 0 Å². The Balaban J connectivity index is 2.01. The maximum Gasteiger partial charge on any atom is 0.127 e. The van der Waals surface area contributed by atoms with Crippen LogP contribution in [-0.2, 0) is 0 Å². The molecule has 0 aliphatic carbocycles. The molecule has 4 rings (SSSR count). The van der Waals surface area contributed by atoms with E-state index in [9.17, 15) is 4.39 Å². The monoisotopic (exact) mass is 292 g/mol. The number of methoxy groups -OCH3 is 1. The minimum Gasteiger partial charge on any atom is -0.496 e. The van der Waals surface area contributed by atoms with Gasteiger partial charge in [0.15, 0.2) is 0 Å². The van der Waals surface area contributed by atoms with Crippen molar-refractivity contribution >= 4 is 21.7 Å². The maximum absolute atomic E-state index is 13.1. The van der Waals surface area contributed by atoms with E-state index in [0.29, 0.717) is 0 Å². The second kappa shape index (κ2) is 4.84. The molecule has 1 heterocycles. The van der Waals surface area contributed by atoms with Crippen molar-refractivity contribution in [1.29, 1.82) is 0 Å². The lowest BCUT2D eigenvalue weighted by atomic mass is 10.1. The molecule has 0 bridgehead atoms. The van der Waals surface area contributed by atoms with E-state index in [1.165, 1.54) is 12.1 Å². The van der Waals surface area contributed by atoms with Crippen LogP contribution in [0.3, 0.4) is 0 Å². The van der Waals surface area contributed by atoms with E-state index in [1.54, 1.807) is 23.9 Å². The number of halogens is 1. The molecule has 0 spiro atoms. The first-order valence-corrected chi connectivity index (χ1v) is 6.97. The summed E-state index contributed by atoms with van der Waals surface area (Å²) in [5, 5.41) is 7.71. The molecule has 0 saturated carbocycles. The molecule has 0 N–H and O–H groups in total. The number of ether oxygens (including phenoxy) is 1. The number of hydrogen-bond acceptors (Lipinski definition) is 2. The number of hydrogen-bond donors (Lipinski definition) is 0. The molecule has 0 unspecified atom stereocenters. The summed E-state index contributed by atoms with van der Waals surface area (Å²) in [5.41, 5.74) is 1.72. The van der Waals surface area contributed by atoms with E-state index in [2.05, 4.69) is 5.10 Å². The lowest BCUT2D eigenvalue weighted by molar-refractivity contribution is 0.420. The molecule has 0 atom stereocenters. The van der Waals surface area contributed by atoms with Crippen molar-refractivity contribution in [3.8, 4) is 11.4 Å². The van der Waals surface area contributed by atoms with Crippen LogP contribution < -0.4 is 4.74 Å². The van der Waals surface area contributed by atoms with Gasteiger partial charge in [-0.15, -0.1) is 0 Å². The van der Waals surface area contributed by atoms with Crippen molar-refractivity contribution in [3.63, 3.8) is 0 Å². The van der Waals surface area contributed by atoms with Crippen LogP contribution in [0.25, 0.3) is 27.4 Å². The average Bonchev–Trinajstić information content (AvgIpc) is 2.99. The minimum atomic E-state index is -0.257. The number of fused-ring (bicyclic) bond motifs is 3. The standard InChI is InChI=1S/C18H13FN2O/c1-22-17-10-12-11-21(14-8-6-13(19)7-9-14)20-18(12)16-5-3-2-4-15(16)17/h2-11H,1H3.